The molecule has 0 aliphatic carbocycles. The first kappa shape index (κ1) is 14.0. The normalized spacial score (nSPS) is 12.5. The Balaban J connectivity index is 2.35. The van der Waals surface area contributed by atoms with Crippen LogP contribution >= 0.6 is 12.6 Å². The monoisotopic (exact) mass is 255 g/mol. The fourth-order valence-corrected chi connectivity index (χ4v) is 1.52. The number of carbonyl (C=O) groups is 1. The Morgan fingerprint density at radius 1 is 1.47 bits per heavy atom. The molecule has 1 rings (SSSR count). The summed E-state index contributed by atoms with van der Waals surface area (Å²) in [6, 6.07) is 6.40. The van der Waals surface area contributed by atoms with Crippen molar-refractivity contribution in [2.45, 2.75) is 25.5 Å². The molecule has 2 nitrogen and oxygen atoms in total. The van der Waals surface area contributed by atoms with E-state index >= 15 is 0 Å². The topological polar surface area (TPSA) is 29.1 Å². The Morgan fingerprint density at radius 2 is 2.18 bits per heavy atom. The highest BCUT2D eigenvalue weighted by Gasteiger charge is 2.16. The molecule has 1 unspecified atom stereocenters. The molecule has 0 bridgehead atoms. The van der Waals surface area contributed by atoms with Gasteiger partial charge >= 0.3 is 0 Å². The first-order chi connectivity index (χ1) is 8.00. The third-order valence-corrected chi connectivity index (χ3v) is 3.33. The molecule has 0 saturated carbocycles. The molecule has 0 fully saturated rings. The quantitative estimate of drug-likeness (QED) is 0.777. The average Bonchev–Trinajstić information content (AvgIpc) is 2.27. The molecular weight excluding hydrogens is 237 g/mol. The standard InChI is InChI=1S/C13H18FNOS/c1-9(2)12(17)13(16)15-7-6-10-4-3-5-11(14)8-10/h3-5,8-9,12,17H,6-7H2,1-2H3,(H,15,16). The molecule has 1 atom stereocenters. The maximum absolute atomic E-state index is 12.9. The molecule has 4 heteroatoms. The molecule has 0 heterocycles. The number of rotatable bonds is 5. The van der Waals surface area contributed by atoms with Crippen molar-refractivity contribution in [2.75, 3.05) is 6.54 Å². The van der Waals surface area contributed by atoms with E-state index in [9.17, 15) is 9.18 Å². The number of nitrogens with one attached hydrogen (secondary N) is 1. The smallest absolute Gasteiger partial charge is 0.233 e. The number of thiol groups is 1. The van der Waals surface area contributed by atoms with Crippen molar-refractivity contribution in [2.24, 2.45) is 5.92 Å². The van der Waals surface area contributed by atoms with Crippen LogP contribution in [0.25, 0.3) is 0 Å². The Bertz CT molecular complexity index is 381. The molecule has 1 amide bonds. The summed E-state index contributed by atoms with van der Waals surface area (Å²) in [6.45, 7) is 4.40. The Hall–Kier alpha value is -1.03. The van der Waals surface area contributed by atoms with Gasteiger partial charge in [0.15, 0.2) is 0 Å². The van der Waals surface area contributed by atoms with Crippen molar-refractivity contribution in [1.82, 2.24) is 5.32 Å². The Morgan fingerprint density at radius 3 is 2.76 bits per heavy atom. The lowest BCUT2D eigenvalue weighted by atomic mass is 10.1. The van der Waals surface area contributed by atoms with Gasteiger partial charge in [-0.3, -0.25) is 4.79 Å². The van der Waals surface area contributed by atoms with E-state index in [1.807, 2.05) is 19.9 Å². The van der Waals surface area contributed by atoms with Gasteiger partial charge in [0, 0.05) is 6.54 Å². The first-order valence-electron chi connectivity index (χ1n) is 5.71. The van der Waals surface area contributed by atoms with Crippen LogP contribution in [0.4, 0.5) is 4.39 Å². The van der Waals surface area contributed by atoms with E-state index in [-0.39, 0.29) is 22.9 Å². The van der Waals surface area contributed by atoms with Crippen molar-refractivity contribution in [3.63, 3.8) is 0 Å². The molecule has 1 aromatic carbocycles. The summed E-state index contributed by atoms with van der Waals surface area (Å²) < 4.78 is 12.9. The molecule has 0 aromatic heterocycles. The van der Waals surface area contributed by atoms with E-state index in [0.717, 1.165) is 5.56 Å². The lowest BCUT2D eigenvalue weighted by Crippen LogP contribution is -2.35. The van der Waals surface area contributed by atoms with Crippen molar-refractivity contribution < 1.29 is 9.18 Å². The highest BCUT2D eigenvalue weighted by molar-refractivity contribution is 7.81. The van der Waals surface area contributed by atoms with Crippen LogP contribution in [0, 0.1) is 11.7 Å². The van der Waals surface area contributed by atoms with Crippen molar-refractivity contribution in [3.8, 4) is 0 Å². The van der Waals surface area contributed by atoms with Gasteiger partial charge in [-0.15, -0.1) is 0 Å². The summed E-state index contributed by atoms with van der Waals surface area (Å²) in [6.07, 6.45) is 0.627. The van der Waals surface area contributed by atoms with E-state index in [0.29, 0.717) is 13.0 Å². The predicted molar refractivity (Wildman–Crippen MR) is 70.7 cm³/mol. The fraction of sp³-hybridized carbons (Fsp3) is 0.462. The summed E-state index contributed by atoms with van der Waals surface area (Å²) in [5, 5.41) is 2.50. The minimum atomic E-state index is -0.289. The number of amides is 1. The van der Waals surface area contributed by atoms with Crippen LogP contribution in [-0.2, 0) is 11.2 Å². The van der Waals surface area contributed by atoms with E-state index in [1.54, 1.807) is 6.07 Å². The van der Waals surface area contributed by atoms with Gasteiger partial charge < -0.3 is 5.32 Å². The summed E-state index contributed by atoms with van der Waals surface area (Å²) in [5.74, 6) is -0.115. The van der Waals surface area contributed by atoms with Gasteiger partial charge in [0.1, 0.15) is 5.82 Å². The number of hydrogen-bond donors (Lipinski definition) is 2. The van der Waals surface area contributed by atoms with Crippen LogP contribution < -0.4 is 5.32 Å². The number of halogens is 1. The molecule has 1 N–H and O–H groups in total. The van der Waals surface area contributed by atoms with Crippen LogP contribution in [0.15, 0.2) is 24.3 Å². The summed E-state index contributed by atoms with van der Waals surface area (Å²) in [5.41, 5.74) is 0.880. The Labute approximate surface area is 107 Å². The zero-order chi connectivity index (χ0) is 12.8. The van der Waals surface area contributed by atoms with Crippen molar-refractivity contribution in [3.05, 3.63) is 35.6 Å². The van der Waals surface area contributed by atoms with Gasteiger partial charge in [-0.25, -0.2) is 4.39 Å². The van der Waals surface area contributed by atoms with Crippen molar-refractivity contribution >= 4 is 18.5 Å². The molecule has 0 aliphatic heterocycles. The van der Waals surface area contributed by atoms with E-state index in [2.05, 4.69) is 17.9 Å². The van der Waals surface area contributed by atoms with E-state index in [4.69, 9.17) is 0 Å². The van der Waals surface area contributed by atoms with Gasteiger partial charge in [-0.1, -0.05) is 26.0 Å². The van der Waals surface area contributed by atoms with Crippen LogP contribution in [0.2, 0.25) is 0 Å². The average molecular weight is 255 g/mol. The van der Waals surface area contributed by atoms with Crippen LogP contribution in [-0.4, -0.2) is 17.7 Å². The summed E-state index contributed by atoms with van der Waals surface area (Å²) >= 11 is 4.22. The van der Waals surface area contributed by atoms with Gasteiger partial charge in [0.2, 0.25) is 5.91 Å². The summed E-state index contributed by atoms with van der Waals surface area (Å²) in [7, 11) is 0. The number of hydrogen-bond acceptors (Lipinski definition) is 2. The highest BCUT2D eigenvalue weighted by atomic mass is 32.1. The lowest BCUT2D eigenvalue weighted by molar-refractivity contribution is -0.121. The Kier molecular flexibility index (Phi) is 5.48. The molecule has 0 aliphatic rings. The number of benzene rings is 1. The molecule has 0 saturated heterocycles. The second-order valence-corrected chi connectivity index (χ2v) is 4.92. The molecule has 17 heavy (non-hydrogen) atoms. The van der Waals surface area contributed by atoms with Crippen LogP contribution in [0.5, 0.6) is 0 Å². The van der Waals surface area contributed by atoms with Gasteiger partial charge in [-0.2, -0.15) is 12.6 Å². The minimum Gasteiger partial charge on any atom is -0.355 e. The molecule has 94 valence electrons. The highest BCUT2D eigenvalue weighted by Crippen LogP contribution is 2.08. The van der Waals surface area contributed by atoms with Gasteiger partial charge in [0.05, 0.1) is 5.25 Å². The van der Waals surface area contributed by atoms with Crippen molar-refractivity contribution in [1.29, 1.82) is 0 Å². The van der Waals surface area contributed by atoms with E-state index < -0.39 is 0 Å². The zero-order valence-corrected chi connectivity index (χ0v) is 11.0. The minimum absolute atomic E-state index is 0.0697. The fourth-order valence-electron chi connectivity index (χ4n) is 1.43. The zero-order valence-electron chi connectivity index (χ0n) is 10.1. The second-order valence-electron chi connectivity index (χ2n) is 4.36. The third-order valence-electron chi connectivity index (χ3n) is 2.50. The second kappa shape index (κ2) is 6.64. The largest absolute Gasteiger partial charge is 0.355 e. The molecule has 0 radical (unpaired) electrons. The lowest BCUT2D eigenvalue weighted by Gasteiger charge is -2.14. The molecular formula is C13H18FNOS. The van der Waals surface area contributed by atoms with Crippen LogP contribution in [0.3, 0.4) is 0 Å². The third kappa shape index (κ3) is 4.77. The maximum atomic E-state index is 12.9. The maximum Gasteiger partial charge on any atom is 0.233 e. The molecule has 0 spiro atoms. The van der Waals surface area contributed by atoms with Gasteiger partial charge in [-0.05, 0) is 30.0 Å². The molecule has 1 aromatic rings. The first-order valence-corrected chi connectivity index (χ1v) is 6.22. The number of carbonyl (C=O) groups excluding carboxylic acids is 1. The predicted octanol–water partition coefficient (Wildman–Crippen LogP) is 2.44. The SMILES string of the molecule is CC(C)C(S)C(=O)NCCc1cccc(F)c1. The van der Waals surface area contributed by atoms with Gasteiger partial charge in [0.25, 0.3) is 0 Å². The van der Waals surface area contributed by atoms with Crippen LogP contribution in [0.1, 0.15) is 19.4 Å². The summed E-state index contributed by atoms with van der Waals surface area (Å²) in [4.78, 5) is 11.6. The van der Waals surface area contributed by atoms with E-state index in [1.165, 1.54) is 12.1 Å².